The number of carbonyl (C=O) groups is 5. The van der Waals surface area contributed by atoms with Gasteiger partial charge in [0.2, 0.25) is 11.7 Å². The molecule has 0 spiro atoms. The van der Waals surface area contributed by atoms with Gasteiger partial charge in [-0.05, 0) is 116 Å². The third-order valence-electron chi connectivity index (χ3n) is 13.7. The van der Waals surface area contributed by atoms with Gasteiger partial charge in [-0.3, -0.25) is 19.2 Å². The summed E-state index contributed by atoms with van der Waals surface area (Å²) in [5.41, 5.74) is 7.52. The minimum Gasteiger partial charge on any atom is -0.363 e. The van der Waals surface area contributed by atoms with Crippen LogP contribution in [0.2, 0.25) is 0 Å². The van der Waals surface area contributed by atoms with E-state index < -0.39 is 29.7 Å². The Morgan fingerprint density at radius 3 is 2.09 bits per heavy atom. The summed E-state index contributed by atoms with van der Waals surface area (Å²) in [7, 11) is 0. The van der Waals surface area contributed by atoms with Crippen LogP contribution in [0.3, 0.4) is 0 Å². The van der Waals surface area contributed by atoms with Crippen molar-refractivity contribution in [1.29, 1.82) is 0 Å². The molecule has 7 aliphatic carbocycles. The number of piperidine rings is 1. The first-order valence-electron chi connectivity index (χ1n) is 18.2. The Morgan fingerprint density at radius 1 is 0.936 bits per heavy atom. The Hall–Kier alpha value is -3.23. The van der Waals surface area contributed by atoms with Gasteiger partial charge in [0.1, 0.15) is 6.04 Å². The molecule has 0 aromatic heterocycles. The maximum Gasteiger partial charge on any atom is 0.315 e. The van der Waals surface area contributed by atoms with Gasteiger partial charge in [-0.15, -0.1) is 0 Å². The predicted molar refractivity (Wildman–Crippen MR) is 175 cm³/mol. The predicted octanol–water partition coefficient (Wildman–Crippen LogP) is 3.95. The van der Waals surface area contributed by atoms with Crippen molar-refractivity contribution in [2.45, 2.75) is 109 Å². The van der Waals surface area contributed by atoms with Gasteiger partial charge in [-0.2, -0.15) is 0 Å². The van der Waals surface area contributed by atoms with E-state index in [2.05, 4.69) is 36.6 Å². The van der Waals surface area contributed by atoms with Crippen LogP contribution in [0.5, 0.6) is 0 Å². The van der Waals surface area contributed by atoms with Crippen molar-refractivity contribution in [3.63, 3.8) is 0 Å². The molecule has 4 bridgehead atoms. The van der Waals surface area contributed by atoms with Crippen LogP contribution in [0.15, 0.2) is 24.3 Å². The Bertz CT molecular complexity index is 1450. The molecule has 9 nitrogen and oxygen atoms in total. The maximum atomic E-state index is 14.8. The van der Waals surface area contributed by atoms with Crippen LogP contribution in [-0.2, 0) is 32.0 Å². The number of ketones is 2. The Labute approximate surface area is 277 Å². The van der Waals surface area contributed by atoms with E-state index in [4.69, 9.17) is 5.73 Å². The van der Waals surface area contributed by atoms with Gasteiger partial charge < -0.3 is 21.3 Å². The normalized spacial score (nSPS) is 35.5. The highest BCUT2D eigenvalue weighted by molar-refractivity contribution is 6.36. The van der Waals surface area contributed by atoms with E-state index in [1.807, 2.05) is 12.1 Å². The first-order chi connectivity index (χ1) is 22.4. The van der Waals surface area contributed by atoms with E-state index in [1.54, 1.807) is 4.90 Å². The third kappa shape index (κ3) is 5.59. The van der Waals surface area contributed by atoms with Crippen molar-refractivity contribution in [2.75, 3.05) is 6.54 Å². The Morgan fingerprint density at radius 2 is 1.53 bits per heavy atom. The minimum atomic E-state index is -0.998. The molecular formula is C38H50N4O5. The van der Waals surface area contributed by atoms with Crippen LogP contribution in [0.4, 0.5) is 4.79 Å². The fraction of sp³-hybridized carbons (Fsp3) is 0.711. The van der Waals surface area contributed by atoms with Crippen LogP contribution in [0.25, 0.3) is 0 Å². The molecule has 7 fully saturated rings. The van der Waals surface area contributed by atoms with E-state index in [1.165, 1.54) is 30.4 Å². The van der Waals surface area contributed by atoms with Crippen LogP contribution in [-0.4, -0.2) is 58.5 Å². The lowest BCUT2D eigenvalue weighted by Crippen LogP contribution is -2.64. The van der Waals surface area contributed by atoms with E-state index >= 15 is 0 Å². The Kier molecular flexibility index (Phi) is 7.38. The van der Waals surface area contributed by atoms with Gasteiger partial charge >= 0.3 is 6.03 Å². The molecule has 1 heterocycles. The standard InChI is InChI=1S/C38H50N4O5/c1-37(2)28-19-42(32(30(28)37)29(43)15-27(12-20-7-8-20)33(44)34(39)45)35(46)31(26-13-24-5-3-4-6-25(24)14-26)40-36(47)41-38-16-21-9-22(17-38)11-23(10-21)18-38/h3-6,20-23,26-28,30-32H,7-19H2,1-2H3,(H2,39,45)(H2,40,41,47)/t21?,22?,23?,27?,28-,30-,31-,32+,38?/m0/s1. The summed E-state index contributed by atoms with van der Waals surface area (Å²) >= 11 is 0. The van der Waals surface area contributed by atoms with E-state index in [-0.39, 0.29) is 52.8 Å². The summed E-state index contributed by atoms with van der Waals surface area (Å²) in [6.07, 6.45) is 10.7. The highest BCUT2D eigenvalue weighted by Crippen LogP contribution is 2.65. The van der Waals surface area contributed by atoms with Crippen LogP contribution < -0.4 is 16.4 Å². The van der Waals surface area contributed by atoms with Gasteiger partial charge in [0, 0.05) is 24.4 Å². The summed E-state index contributed by atoms with van der Waals surface area (Å²) in [6.45, 7) is 4.74. The molecule has 0 radical (unpaired) electrons. The van der Waals surface area contributed by atoms with Crippen LogP contribution in [0, 0.1) is 52.8 Å². The van der Waals surface area contributed by atoms with Gasteiger partial charge in [0.05, 0.1) is 6.04 Å². The molecule has 8 aliphatic rings. The number of benzene rings is 1. The maximum absolute atomic E-state index is 14.8. The number of nitrogens with two attached hydrogens (primary N) is 1. The molecule has 1 unspecified atom stereocenters. The van der Waals surface area contributed by atoms with Crippen molar-refractivity contribution < 1.29 is 24.0 Å². The van der Waals surface area contributed by atoms with Crippen LogP contribution in [0.1, 0.15) is 89.2 Å². The van der Waals surface area contributed by atoms with Crippen molar-refractivity contribution in [3.8, 4) is 0 Å². The van der Waals surface area contributed by atoms with Crippen molar-refractivity contribution in [3.05, 3.63) is 35.4 Å². The Balaban J connectivity index is 1.04. The average molecular weight is 643 g/mol. The molecule has 1 aromatic carbocycles. The zero-order chi connectivity index (χ0) is 32.8. The molecule has 47 heavy (non-hydrogen) atoms. The van der Waals surface area contributed by atoms with Crippen LogP contribution >= 0.6 is 0 Å². The van der Waals surface area contributed by atoms with E-state index in [9.17, 15) is 24.0 Å². The zero-order valence-corrected chi connectivity index (χ0v) is 27.8. The highest BCUT2D eigenvalue weighted by Gasteiger charge is 2.69. The van der Waals surface area contributed by atoms with Crippen molar-refractivity contribution >= 4 is 29.4 Å². The second-order valence-corrected chi connectivity index (χ2v) is 17.4. The number of urea groups is 1. The number of amides is 4. The zero-order valence-electron chi connectivity index (χ0n) is 27.8. The molecule has 9 rings (SSSR count). The monoisotopic (exact) mass is 642 g/mol. The number of Topliss-reactive ketones (excluding diaryl/α,β-unsaturated/α-hetero) is 2. The molecule has 9 heteroatoms. The fourth-order valence-corrected chi connectivity index (χ4v) is 11.6. The lowest BCUT2D eigenvalue weighted by Gasteiger charge is -2.56. The third-order valence-corrected chi connectivity index (χ3v) is 13.7. The van der Waals surface area contributed by atoms with Crippen molar-refractivity contribution in [2.24, 2.45) is 58.5 Å². The number of nitrogens with zero attached hydrogens (tertiary/aromatic N) is 1. The molecule has 252 valence electrons. The van der Waals surface area contributed by atoms with Crippen molar-refractivity contribution in [1.82, 2.24) is 15.5 Å². The number of rotatable bonds is 11. The number of hydrogen-bond donors (Lipinski definition) is 3. The molecule has 4 amide bonds. The lowest BCUT2D eigenvalue weighted by molar-refractivity contribution is -0.144. The highest BCUT2D eigenvalue weighted by atomic mass is 16.2. The fourth-order valence-electron chi connectivity index (χ4n) is 11.6. The van der Waals surface area contributed by atoms with E-state index in [0.717, 1.165) is 32.1 Å². The van der Waals surface area contributed by atoms with Gasteiger partial charge in [-0.1, -0.05) is 51.0 Å². The number of fused-ring (bicyclic) bond motifs is 2. The summed E-state index contributed by atoms with van der Waals surface area (Å²) < 4.78 is 0. The molecule has 1 saturated heterocycles. The van der Waals surface area contributed by atoms with Gasteiger partial charge in [-0.25, -0.2) is 4.79 Å². The number of nitrogens with one attached hydrogen (secondary N) is 2. The molecule has 1 aromatic rings. The minimum absolute atomic E-state index is 0.00789. The summed E-state index contributed by atoms with van der Waals surface area (Å²) in [4.78, 5) is 69.3. The van der Waals surface area contributed by atoms with Gasteiger partial charge in [0.15, 0.2) is 5.78 Å². The second kappa shape index (κ2) is 11.2. The molecule has 4 N–H and O–H groups in total. The summed E-state index contributed by atoms with van der Waals surface area (Å²) in [5.74, 6) is -0.362. The number of likely N-dealkylation sites (tertiary alicyclic amines) is 1. The van der Waals surface area contributed by atoms with Gasteiger partial charge in [0.25, 0.3) is 5.91 Å². The average Bonchev–Trinajstić information content (AvgIpc) is 3.76. The summed E-state index contributed by atoms with van der Waals surface area (Å²) in [5, 5.41) is 6.61. The van der Waals surface area contributed by atoms with E-state index in [0.29, 0.717) is 49.5 Å². The topological polar surface area (TPSA) is 139 Å². The second-order valence-electron chi connectivity index (χ2n) is 17.4. The largest absolute Gasteiger partial charge is 0.363 e. The number of carbonyl (C=O) groups excluding carboxylic acids is 5. The summed E-state index contributed by atoms with van der Waals surface area (Å²) in [6, 6.07) is 6.50. The first kappa shape index (κ1) is 31.1. The lowest BCUT2D eigenvalue weighted by atomic mass is 9.53. The SMILES string of the molecule is CC1(C)[C@@H]2[C@@H](C(=O)CC(CC3CC3)C(=O)C(N)=O)N(C(=O)[C@@H](NC(=O)NC34CC5CC(CC(C5)C3)C4)C3Cc4ccccc4C3)C[C@@H]21. The number of primary amides is 1. The first-order valence-corrected chi connectivity index (χ1v) is 18.2. The quantitative estimate of drug-likeness (QED) is 0.314. The number of hydrogen-bond acceptors (Lipinski definition) is 5. The molecule has 5 atom stereocenters. The molecular weight excluding hydrogens is 592 g/mol. The molecule has 1 aliphatic heterocycles. The smallest absolute Gasteiger partial charge is 0.315 e. The molecule has 6 saturated carbocycles.